The first-order valence-electron chi connectivity index (χ1n) is 11.3. The van der Waals surface area contributed by atoms with E-state index in [0.29, 0.717) is 35.2 Å². The van der Waals surface area contributed by atoms with Crippen LogP contribution in [0.25, 0.3) is 11.1 Å². The summed E-state index contributed by atoms with van der Waals surface area (Å²) >= 11 is 0. The molecule has 1 aromatic heterocycles. The van der Waals surface area contributed by atoms with Gasteiger partial charge >= 0.3 is 6.18 Å². The van der Waals surface area contributed by atoms with Crippen molar-refractivity contribution in [2.75, 3.05) is 10.6 Å². The molecule has 34 heavy (non-hydrogen) atoms. The van der Waals surface area contributed by atoms with Gasteiger partial charge in [-0.3, -0.25) is 0 Å². The first-order valence-corrected chi connectivity index (χ1v) is 11.3. The average Bonchev–Trinajstić information content (AvgIpc) is 3.64. The van der Waals surface area contributed by atoms with Crippen molar-refractivity contribution in [1.29, 1.82) is 0 Å². The molecule has 4 rings (SSSR count). The summed E-state index contributed by atoms with van der Waals surface area (Å²) in [6.07, 6.45) is 1.60. The van der Waals surface area contributed by atoms with E-state index in [-0.39, 0.29) is 0 Å². The van der Waals surface area contributed by atoms with E-state index in [2.05, 4.69) is 28.8 Å². The van der Waals surface area contributed by atoms with Gasteiger partial charge in [-0.2, -0.15) is 13.2 Å². The third kappa shape index (κ3) is 6.70. The van der Waals surface area contributed by atoms with Gasteiger partial charge in [0.15, 0.2) is 0 Å². The molecule has 0 amide bonds. The number of benzene rings is 2. The highest BCUT2D eigenvalue weighted by atomic mass is 19.4. The maximum absolute atomic E-state index is 13.0. The van der Waals surface area contributed by atoms with Crippen LogP contribution in [0.15, 0.2) is 79.7 Å². The molecule has 0 bridgehead atoms. The summed E-state index contributed by atoms with van der Waals surface area (Å²) in [4.78, 5) is 9.10. The molecule has 0 aliphatic heterocycles. The largest absolute Gasteiger partial charge is 0.416 e. The molecule has 0 unspecified atom stereocenters. The molecule has 1 fully saturated rings. The van der Waals surface area contributed by atoms with Crippen molar-refractivity contribution in [2.45, 2.75) is 45.3 Å². The van der Waals surface area contributed by atoms with Gasteiger partial charge in [-0.25, -0.2) is 9.97 Å². The van der Waals surface area contributed by atoms with Crippen LogP contribution in [-0.4, -0.2) is 16.0 Å². The fourth-order valence-electron chi connectivity index (χ4n) is 3.30. The van der Waals surface area contributed by atoms with E-state index in [4.69, 9.17) is 4.98 Å². The number of anilines is 2. The fraction of sp³-hybridized carbons (Fsp3) is 0.259. The molecule has 1 aliphatic carbocycles. The van der Waals surface area contributed by atoms with Crippen molar-refractivity contribution in [3.8, 4) is 11.1 Å². The Bertz CT molecular complexity index is 1130. The Morgan fingerprint density at radius 3 is 2.44 bits per heavy atom. The summed E-state index contributed by atoms with van der Waals surface area (Å²) in [7, 11) is 0. The quantitative estimate of drug-likeness (QED) is 0.338. The van der Waals surface area contributed by atoms with Crippen LogP contribution in [-0.2, 0) is 12.6 Å². The van der Waals surface area contributed by atoms with Gasteiger partial charge < -0.3 is 10.6 Å². The zero-order chi connectivity index (χ0) is 24.7. The smallest absolute Gasteiger partial charge is 0.356 e. The highest BCUT2D eigenvalue weighted by Crippen LogP contribution is 2.32. The second-order valence-electron chi connectivity index (χ2n) is 7.78. The zero-order valence-corrected chi connectivity index (χ0v) is 19.4. The molecule has 2 N–H and O–H groups in total. The molecule has 1 heterocycles. The van der Waals surface area contributed by atoms with Crippen molar-refractivity contribution >= 4 is 11.6 Å². The lowest BCUT2D eigenvalue weighted by Crippen LogP contribution is -2.08. The Balaban J connectivity index is 0.00000158. The number of hydrogen-bond donors (Lipinski definition) is 2. The normalized spacial score (nSPS) is 12.9. The van der Waals surface area contributed by atoms with E-state index >= 15 is 0 Å². The Kier molecular flexibility index (Phi) is 8.10. The topological polar surface area (TPSA) is 49.8 Å². The number of alkyl halides is 3. The maximum Gasteiger partial charge on any atom is 0.416 e. The standard InChI is InChI=1S/C25H23F3N4.C2H6/c1-3-16(2)30-21-6-4-5-17(13-21)14-23-22(15-29-24(32-23)31-20-11-12-20)18-7-9-19(10-8-18)25(26,27)28;1-2/h3-10,13,15,20,30H,1-2,11-12,14H2,(H,29,31,32);1-2H3. The Hall–Kier alpha value is -3.61. The Morgan fingerprint density at radius 1 is 1.12 bits per heavy atom. The van der Waals surface area contributed by atoms with Crippen LogP contribution in [0.1, 0.15) is 43.5 Å². The van der Waals surface area contributed by atoms with Gasteiger partial charge in [-0.1, -0.05) is 51.3 Å². The summed E-state index contributed by atoms with van der Waals surface area (Å²) in [6.45, 7) is 11.6. The number of halogens is 3. The molecule has 4 nitrogen and oxygen atoms in total. The molecule has 1 saturated carbocycles. The number of rotatable bonds is 8. The second-order valence-corrected chi connectivity index (χ2v) is 7.78. The minimum Gasteiger partial charge on any atom is -0.356 e. The number of allylic oxidation sites excluding steroid dienone is 1. The SMILES string of the molecule is C=CC(=C)Nc1cccc(Cc2nc(NC3CC3)ncc2-c2ccc(C(F)(F)F)cc2)c1.CC. The molecule has 178 valence electrons. The van der Waals surface area contributed by atoms with Gasteiger partial charge in [0.05, 0.1) is 11.3 Å². The highest BCUT2D eigenvalue weighted by molar-refractivity contribution is 5.67. The minimum atomic E-state index is -4.38. The first-order chi connectivity index (χ1) is 16.3. The lowest BCUT2D eigenvalue weighted by atomic mass is 9.99. The van der Waals surface area contributed by atoms with E-state index in [1.165, 1.54) is 12.1 Å². The summed E-state index contributed by atoms with van der Waals surface area (Å²) in [5.74, 6) is 0.535. The third-order valence-corrected chi connectivity index (χ3v) is 5.15. The third-order valence-electron chi connectivity index (χ3n) is 5.15. The summed E-state index contributed by atoms with van der Waals surface area (Å²) < 4.78 is 38.9. The number of nitrogens with zero attached hydrogens (tertiary/aromatic N) is 2. The lowest BCUT2D eigenvalue weighted by molar-refractivity contribution is -0.137. The van der Waals surface area contributed by atoms with Crippen molar-refractivity contribution < 1.29 is 13.2 Å². The second kappa shape index (κ2) is 11.0. The molecule has 0 spiro atoms. The highest BCUT2D eigenvalue weighted by Gasteiger charge is 2.30. The van der Waals surface area contributed by atoms with Gasteiger partial charge in [0.1, 0.15) is 0 Å². The van der Waals surface area contributed by atoms with Crippen LogP contribution in [0.5, 0.6) is 0 Å². The molecular formula is C27H29F3N4. The molecule has 1 aliphatic rings. The molecule has 0 saturated heterocycles. The summed E-state index contributed by atoms with van der Waals surface area (Å²) in [6, 6.07) is 13.3. The zero-order valence-electron chi connectivity index (χ0n) is 19.4. The van der Waals surface area contributed by atoms with E-state index in [1.807, 2.05) is 38.1 Å². The Labute approximate surface area is 198 Å². The molecule has 2 aromatic carbocycles. The molecule has 3 aromatic rings. The molecule has 0 atom stereocenters. The van der Waals surface area contributed by atoms with E-state index in [9.17, 15) is 13.2 Å². The van der Waals surface area contributed by atoms with Crippen LogP contribution in [0.3, 0.4) is 0 Å². The maximum atomic E-state index is 13.0. The molecular weight excluding hydrogens is 437 g/mol. The molecule has 7 heteroatoms. The summed E-state index contributed by atoms with van der Waals surface area (Å²) in [5.41, 5.74) is 3.95. The van der Waals surface area contributed by atoms with E-state index in [0.717, 1.165) is 41.9 Å². The van der Waals surface area contributed by atoms with Gasteiger partial charge in [0.2, 0.25) is 5.95 Å². The van der Waals surface area contributed by atoms with E-state index < -0.39 is 11.7 Å². The van der Waals surface area contributed by atoms with Gasteiger partial charge in [0.25, 0.3) is 0 Å². The number of hydrogen-bond acceptors (Lipinski definition) is 4. The predicted molar refractivity (Wildman–Crippen MR) is 133 cm³/mol. The van der Waals surface area contributed by atoms with Gasteiger partial charge in [0, 0.05) is 35.6 Å². The first kappa shape index (κ1) is 25.0. The summed E-state index contributed by atoms with van der Waals surface area (Å²) in [5, 5.41) is 6.45. The van der Waals surface area contributed by atoms with Crippen molar-refractivity contribution in [3.63, 3.8) is 0 Å². The van der Waals surface area contributed by atoms with Crippen molar-refractivity contribution in [2.24, 2.45) is 0 Å². The number of aromatic nitrogens is 2. The fourth-order valence-corrected chi connectivity index (χ4v) is 3.30. The minimum absolute atomic E-state index is 0.386. The van der Waals surface area contributed by atoms with Crippen molar-refractivity contribution in [1.82, 2.24) is 9.97 Å². The van der Waals surface area contributed by atoms with Crippen LogP contribution in [0.2, 0.25) is 0 Å². The van der Waals surface area contributed by atoms with E-state index in [1.54, 1.807) is 12.3 Å². The Morgan fingerprint density at radius 2 is 1.82 bits per heavy atom. The van der Waals surface area contributed by atoms with Crippen LogP contribution in [0, 0.1) is 0 Å². The van der Waals surface area contributed by atoms with Gasteiger partial charge in [-0.05, 0) is 54.3 Å². The predicted octanol–water partition coefficient (Wildman–Crippen LogP) is 7.47. The van der Waals surface area contributed by atoms with Crippen LogP contribution >= 0.6 is 0 Å². The van der Waals surface area contributed by atoms with Gasteiger partial charge in [-0.15, -0.1) is 0 Å². The lowest BCUT2D eigenvalue weighted by Gasteiger charge is -2.14. The molecule has 0 radical (unpaired) electrons. The van der Waals surface area contributed by atoms with Crippen LogP contribution < -0.4 is 10.6 Å². The monoisotopic (exact) mass is 466 g/mol. The number of nitrogens with one attached hydrogen (secondary N) is 2. The van der Waals surface area contributed by atoms with Crippen molar-refractivity contribution in [3.05, 3.63) is 96.5 Å². The van der Waals surface area contributed by atoms with Crippen LogP contribution in [0.4, 0.5) is 24.8 Å². The average molecular weight is 467 g/mol.